The Morgan fingerprint density at radius 1 is 0.962 bits per heavy atom. The van der Waals surface area contributed by atoms with Crippen molar-refractivity contribution in [2.24, 2.45) is 29.6 Å². The summed E-state index contributed by atoms with van der Waals surface area (Å²) in [4.78, 5) is 12.8. The first kappa shape index (κ1) is 18.0. The van der Waals surface area contributed by atoms with Gasteiger partial charge in [-0.15, -0.1) is 0 Å². The Morgan fingerprint density at radius 2 is 1.50 bits per heavy atom. The van der Waals surface area contributed by atoms with E-state index in [2.05, 4.69) is 10.0 Å². The monoisotopic (exact) mass is 376 g/mol. The first-order valence-electron chi connectivity index (χ1n) is 9.70. The van der Waals surface area contributed by atoms with Gasteiger partial charge in [-0.3, -0.25) is 4.79 Å². The molecular formula is C20H28N2O3S. The largest absolute Gasteiger partial charge is 0.352 e. The Hall–Kier alpha value is -1.40. The smallest absolute Gasteiger partial charge is 0.223 e. The standard InChI is InChI=1S/C20H28N2O3S/c1-21-26(24,25)12-14-4-2-13(3-5-14)11-22-20(23)19-17-7-15-6-16(9-17)10-18(19)8-15/h2-5,15-19,21H,6-12H2,1H3,(H,22,23). The van der Waals surface area contributed by atoms with Gasteiger partial charge in [0.25, 0.3) is 0 Å². The Bertz CT molecular complexity index is 745. The van der Waals surface area contributed by atoms with Crippen LogP contribution >= 0.6 is 0 Å². The molecule has 0 atom stereocenters. The fourth-order valence-corrected chi connectivity index (χ4v) is 6.48. The molecule has 0 radical (unpaired) electrons. The molecule has 5 nitrogen and oxygen atoms in total. The summed E-state index contributed by atoms with van der Waals surface area (Å²) in [5.74, 6) is 3.36. The molecule has 1 aromatic rings. The van der Waals surface area contributed by atoms with Crippen molar-refractivity contribution in [1.82, 2.24) is 10.0 Å². The highest BCUT2D eigenvalue weighted by atomic mass is 32.2. The zero-order chi connectivity index (χ0) is 18.3. The average Bonchev–Trinajstić information content (AvgIpc) is 2.60. The van der Waals surface area contributed by atoms with Crippen molar-refractivity contribution < 1.29 is 13.2 Å². The van der Waals surface area contributed by atoms with E-state index in [1.54, 1.807) is 0 Å². The van der Waals surface area contributed by atoms with Crippen molar-refractivity contribution in [1.29, 1.82) is 0 Å². The van der Waals surface area contributed by atoms with E-state index in [9.17, 15) is 13.2 Å². The van der Waals surface area contributed by atoms with Crippen LogP contribution in [0.25, 0.3) is 0 Å². The lowest BCUT2D eigenvalue weighted by molar-refractivity contribution is -0.138. The van der Waals surface area contributed by atoms with E-state index in [4.69, 9.17) is 0 Å². The van der Waals surface area contributed by atoms with Gasteiger partial charge in [-0.25, -0.2) is 13.1 Å². The summed E-state index contributed by atoms with van der Waals surface area (Å²) in [6, 6.07) is 7.44. The summed E-state index contributed by atoms with van der Waals surface area (Å²) in [5, 5.41) is 3.14. The Labute approximate surface area is 156 Å². The molecule has 6 heteroatoms. The van der Waals surface area contributed by atoms with Gasteiger partial charge in [-0.05, 0) is 74.0 Å². The Balaban J connectivity index is 1.33. The van der Waals surface area contributed by atoms with Crippen LogP contribution in [-0.4, -0.2) is 21.4 Å². The fourth-order valence-electron chi connectivity index (χ4n) is 5.71. The van der Waals surface area contributed by atoms with Crippen molar-refractivity contribution in [2.75, 3.05) is 7.05 Å². The van der Waals surface area contributed by atoms with Crippen molar-refractivity contribution in [3.63, 3.8) is 0 Å². The van der Waals surface area contributed by atoms with E-state index >= 15 is 0 Å². The number of hydrogen-bond acceptors (Lipinski definition) is 3. The van der Waals surface area contributed by atoms with Crippen LogP contribution in [-0.2, 0) is 27.1 Å². The third-order valence-corrected chi connectivity index (χ3v) is 8.02. The molecule has 1 amide bonds. The van der Waals surface area contributed by atoms with Gasteiger partial charge in [0.15, 0.2) is 0 Å². The van der Waals surface area contributed by atoms with Crippen LogP contribution in [0.4, 0.5) is 0 Å². The van der Waals surface area contributed by atoms with E-state index in [-0.39, 0.29) is 17.6 Å². The number of nitrogens with one attached hydrogen (secondary N) is 2. The molecule has 4 bridgehead atoms. The van der Waals surface area contributed by atoms with E-state index in [0.29, 0.717) is 18.4 Å². The molecule has 0 spiro atoms. The summed E-state index contributed by atoms with van der Waals surface area (Å²) in [6.45, 7) is 0.515. The molecule has 1 aromatic carbocycles. The second-order valence-electron chi connectivity index (χ2n) is 8.45. The third kappa shape index (κ3) is 3.67. The molecule has 142 valence electrons. The molecule has 4 aliphatic rings. The van der Waals surface area contributed by atoms with Gasteiger partial charge in [-0.2, -0.15) is 0 Å². The maximum absolute atomic E-state index is 12.8. The van der Waals surface area contributed by atoms with Gasteiger partial charge < -0.3 is 5.32 Å². The molecule has 0 heterocycles. The predicted molar refractivity (Wildman–Crippen MR) is 101 cm³/mol. The van der Waals surface area contributed by atoms with Crippen molar-refractivity contribution in [2.45, 2.75) is 44.4 Å². The zero-order valence-electron chi connectivity index (χ0n) is 15.3. The molecule has 26 heavy (non-hydrogen) atoms. The van der Waals surface area contributed by atoms with E-state index < -0.39 is 10.0 Å². The normalized spacial score (nSPS) is 32.6. The number of hydrogen-bond donors (Lipinski definition) is 2. The molecule has 0 aromatic heterocycles. The second-order valence-corrected chi connectivity index (χ2v) is 10.4. The lowest BCUT2D eigenvalue weighted by Crippen LogP contribution is -2.50. The molecule has 5 rings (SSSR count). The SMILES string of the molecule is CNS(=O)(=O)Cc1ccc(CNC(=O)C2C3CC4CC(C3)CC2C4)cc1. The summed E-state index contributed by atoms with van der Waals surface area (Å²) in [7, 11) is -1.84. The van der Waals surface area contributed by atoms with Gasteiger partial charge in [-0.1, -0.05) is 24.3 Å². The fraction of sp³-hybridized carbons (Fsp3) is 0.650. The molecule has 0 unspecified atom stereocenters. The number of benzene rings is 1. The van der Waals surface area contributed by atoms with Gasteiger partial charge >= 0.3 is 0 Å². The molecule has 4 aliphatic carbocycles. The summed E-state index contributed by atoms with van der Waals surface area (Å²) in [6.07, 6.45) is 6.40. The van der Waals surface area contributed by atoms with Gasteiger partial charge in [0.05, 0.1) is 5.75 Å². The van der Waals surface area contributed by atoms with E-state index in [1.165, 1.54) is 39.2 Å². The van der Waals surface area contributed by atoms with E-state index in [0.717, 1.165) is 23.0 Å². The summed E-state index contributed by atoms with van der Waals surface area (Å²) < 4.78 is 25.5. The summed E-state index contributed by atoms with van der Waals surface area (Å²) >= 11 is 0. The number of rotatable bonds is 6. The minimum absolute atomic E-state index is 0.0239. The minimum atomic E-state index is -3.26. The summed E-state index contributed by atoms with van der Waals surface area (Å²) in [5.41, 5.74) is 1.75. The first-order chi connectivity index (χ1) is 12.4. The van der Waals surface area contributed by atoms with Gasteiger partial charge in [0, 0.05) is 12.5 Å². The topological polar surface area (TPSA) is 75.3 Å². The van der Waals surface area contributed by atoms with Crippen LogP contribution in [0.5, 0.6) is 0 Å². The van der Waals surface area contributed by atoms with Crippen LogP contribution < -0.4 is 10.0 Å². The number of carbonyl (C=O) groups excluding carboxylic acids is 1. The van der Waals surface area contributed by atoms with Crippen LogP contribution in [0.2, 0.25) is 0 Å². The maximum atomic E-state index is 12.8. The molecule has 0 saturated heterocycles. The van der Waals surface area contributed by atoms with Gasteiger partial charge in [0.2, 0.25) is 15.9 Å². The lowest BCUT2D eigenvalue weighted by Gasteiger charge is -2.53. The minimum Gasteiger partial charge on any atom is -0.352 e. The molecular weight excluding hydrogens is 348 g/mol. The molecule has 0 aliphatic heterocycles. The van der Waals surface area contributed by atoms with Crippen LogP contribution in [0.3, 0.4) is 0 Å². The zero-order valence-corrected chi connectivity index (χ0v) is 16.1. The van der Waals surface area contributed by atoms with Gasteiger partial charge in [0.1, 0.15) is 0 Å². The highest BCUT2D eigenvalue weighted by molar-refractivity contribution is 7.88. The predicted octanol–water partition coefficient (Wildman–Crippen LogP) is 2.42. The second kappa shape index (κ2) is 6.97. The Kier molecular flexibility index (Phi) is 4.82. The lowest BCUT2D eigenvalue weighted by atomic mass is 9.51. The number of amides is 1. The van der Waals surface area contributed by atoms with Crippen LogP contribution in [0.1, 0.15) is 43.2 Å². The first-order valence-corrected chi connectivity index (χ1v) is 11.4. The van der Waals surface area contributed by atoms with Crippen LogP contribution in [0, 0.1) is 29.6 Å². The molecule has 2 N–H and O–H groups in total. The van der Waals surface area contributed by atoms with E-state index in [1.807, 2.05) is 24.3 Å². The van der Waals surface area contributed by atoms with Crippen molar-refractivity contribution in [3.8, 4) is 0 Å². The number of carbonyl (C=O) groups is 1. The van der Waals surface area contributed by atoms with Crippen molar-refractivity contribution in [3.05, 3.63) is 35.4 Å². The average molecular weight is 377 g/mol. The Morgan fingerprint density at radius 3 is 2.04 bits per heavy atom. The molecule has 4 saturated carbocycles. The highest BCUT2D eigenvalue weighted by Gasteiger charge is 2.50. The maximum Gasteiger partial charge on any atom is 0.223 e. The third-order valence-electron chi connectivity index (χ3n) is 6.69. The van der Waals surface area contributed by atoms with Crippen molar-refractivity contribution >= 4 is 15.9 Å². The highest BCUT2D eigenvalue weighted by Crippen LogP contribution is 2.56. The molecule has 4 fully saturated rings. The quantitative estimate of drug-likeness (QED) is 0.801. The van der Waals surface area contributed by atoms with Crippen LogP contribution in [0.15, 0.2) is 24.3 Å². The number of sulfonamides is 1.